The second-order valence-electron chi connectivity index (χ2n) is 5.05. The number of rotatable bonds is 6. The van der Waals surface area contributed by atoms with Crippen LogP contribution in [-0.4, -0.2) is 38.3 Å². The largest absolute Gasteiger partial charge is 0.378 e. The quantitative estimate of drug-likeness (QED) is 0.793. The van der Waals surface area contributed by atoms with E-state index in [9.17, 15) is 9.18 Å². The summed E-state index contributed by atoms with van der Waals surface area (Å²) in [5.41, 5.74) is 0.0127. The van der Waals surface area contributed by atoms with E-state index in [1.165, 1.54) is 12.1 Å². The summed E-state index contributed by atoms with van der Waals surface area (Å²) in [6, 6.07) is 4.02. The number of ether oxygens (including phenoxy) is 1. The smallest absolute Gasteiger partial charge is 0.254 e. The molecule has 1 aliphatic heterocycles. The van der Waals surface area contributed by atoms with Crippen LogP contribution in [0.25, 0.3) is 0 Å². The highest BCUT2D eigenvalue weighted by Gasteiger charge is 2.13. The first-order chi connectivity index (χ1) is 10.2. The van der Waals surface area contributed by atoms with Crippen LogP contribution in [0.5, 0.6) is 0 Å². The van der Waals surface area contributed by atoms with E-state index in [1.807, 2.05) is 0 Å². The molecule has 4 nitrogen and oxygen atoms in total. The van der Waals surface area contributed by atoms with Crippen LogP contribution in [0, 0.1) is 5.82 Å². The van der Waals surface area contributed by atoms with Crippen molar-refractivity contribution in [2.24, 2.45) is 0 Å². The molecule has 0 atom stereocenters. The lowest BCUT2D eigenvalue weighted by Gasteiger charge is -2.22. The van der Waals surface area contributed by atoms with Crippen LogP contribution < -0.4 is 10.6 Å². The van der Waals surface area contributed by atoms with Gasteiger partial charge >= 0.3 is 0 Å². The molecule has 1 aromatic rings. The molecule has 0 saturated carbocycles. The summed E-state index contributed by atoms with van der Waals surface area (Å²) >= 11 is 5.65. The van der Waals surface area contributed by atoms with Crippen LogP contribution in [0.15, 0.2) is 18.2 Å². The summed E-state index contributed by atoms with van der Waals surface area (Å²) < 4.78 is 19.3. The molecule has 6 heteroatoms. The van der Waals surface area contributed by atoms with Gasteiger partial charge in [-0.15, -0.1) is 0 Å². The number of nitrogens with one attached hydrogen (secondary N) is 2. The van der Waals surface area contributed by atoms with Crippen molar-refractivity contribution in [2.75, 3.05) is 26.2 Å². The summed E-state index contributed by atoms with van der Waals surface area (Å²) in [5, 5.41) is 6.24. The van der Waals surface area contributed by atoms with Gasteiger partial charge in [0.15, 0.2) is 0 Å². The van der Waals surface area contributed by atoms with Crippen molar-refractivity contribution in [1.82, 2.24) is 10.6 Å². The molecule has 1 fully saturated rings. The van der Waals surface area contributed by atoms with Crippen molar-refractivity contribution >= 4 is 17.5 Å². The third kappa shape index (κ3) is 5.26. The SMILES string of the molecule is O=C(NCCCOC1CCNCC1)c1ccc(Cl)cc1F. The Kier molecular flexibility index (Phi) is 6.42. The molecule has 21 heavy (non-hydrogen) atoms. The average molecular weight is 315 g/mol. The first-order valence-corrected chi connectivity index (χ1v) is 7.60. The molecule has 0 bridgehead atoms. The van der Waals surface area contributed by atoms with Gasteiger partial charge in [0.2, 0.25) is 0 Å². The molecule has 2 N–H and O–H groups in total. The van der Waals surface area contributed by atoms with Crippen LogP contribution in [0.3, 0.4) is 0 Å². The standard InChI is InChI=1S/C15H20ClFN2O2/c16-11-2-3-13(14(17)10-11)15(20)19-6-1-9-21-12-4-7-18-8-5-12/h2-3,10,12,18H,1,4-9H2,(H,19,20). The fourth-order valence-corrected chi connectivity index (χ4v) is 2.41. The number of hydrogen-bond donors (Lipinski definition) is 2. The van der Waals surface area contributed by atoms with Crippen LogP contribution in [-0.2, 0) is 4.74 Å². The molecular formula is C15H20ClFN2O2. The molecular weight excluding hydrogens is 295 g/mol. The van der Waals surface area contributed by atoms with Gasteiger partial charge in [-0.3, -0.25) is 4.79 Å². The van der Waals surface area contributed by atoms with E-state index in [0.717, 1.165) is 32.0 Å². The second-order valence-corrected chi connectivity index (χ2v) is 5.49. The average Bonchev–Trinajstić information content (AvgIpc) is 2.47. The fourth-order valence-electron chi connectivity index (χ4n) is 2.26. The normalized spacial score (nSPS) is 15.9. The highest BCUT2D eigenvalue weighted by atomic mass is 35.5. The minimum Gasteiger partial charge on any atom is -0.378 e. The first-order valence-electron chi connectivity index (χ1n) is 7.22. The Labute approximate surface area is 129 Å². The lowest BCUT2D eigenvalue weighted by Crippen LogP contribution is -2.33. The maximum absolute atomic E-state index is 13.5. The van der Waals surface area contributed by atoms with Gasteiger partial charge in [0.05, 0.1) is 11.7 Å². The fraction of sp³-hybridized carbons (Fsp3) is 0.533. The van der Waals surface area contributed by atoms with Gasteiger partial charge in [0.25, 0.3) is 5.91 Å². The number of halogens is 2. The molecule has 1 saturated heterocycles. The monoisotopic (exact) mass is 314 g/mol. The molecule has 1 aromatic carbocycles. The molecule has 1 aliphatic rings. The third-order valence-corrected chi connectivity index (χ3v) is 3.66. The van der Waals surface area contributed by atoms with Crippen molar-refractivity contribution in [2.45, 2.75) is 25.4 Å². The van der Waals surface area contributed by atoms with E-state index in [2.05, 4.69) is 10.6 Å². The number of carbonyl (C=O) groups is 1. The van der Waals surface area contributed by atoms with E-state index in [4.69, 9.17) is 16.3 Å². The summed E-state index contributed by atoms with van der Waals surface area (Å²) in [6.45, 7) is 3.06. The zero-order valence-corrected chi connectivity index (χ0v) is 12.6. The van der Waals surface area contributed by atoms with Gasteiger partial charge in [-0.25, -0.2) is 4.39 Å². The minimum absolute atomic E-state index is 0.0127. The minimum atomic E-state index is -0.606. The van der Waals surface area contributed by atoms with Crippen LogP contribution in [0.2, 0.25) is 5.02 Å². The second kappa shape index (κ2) is 8.32. The maximum Gasteiger partial charge on any atom is 0.254 e. The topological polar surface area (TPSA) is 50.4 Å². The molecule has 2 rings (SSSR count). The van der Waals surface area contributed by atoms with E-state index in [-0.39, 0.29) is 10.6 Å². The summed E-state index contributed by atoms with van der Waals surface area (Å²) in [5.74, 6) is -1.03. The predicted molar refractivity (Wildman–Crippen MR) is 80.2 cm³/mol. The van der Waals surface area contributed by atoms with E-state index in [1.54, 1.807) is 0 Å². The van der Waals surface area contributed by atoms with Gasteiger partial charge < -0.3 is 15.4 Å². The van der Waals surface area contributed by atoms with Crippen LogP contribution in [0.1, 0.15) is 29.6 Å². The van der Waals surface area contributed by atoms with Gasteiger partial charge in [-0.05, 0) is 50.6 Å². The molecule has 1 amide bonds. The van der Waals surface area contributed by atoms with Gasteiger partial charge in [-0.2, -0.15) is 0 Å². The predicted octanol–water partition coefficient (Wildman–Crippen LogP) is 2.37. The number of piperidine rings is 1. The van der Waals surface area contributed by atoms with Crippen LogP contribution >= 0.6 is 11.6 Å². The Morgan fingerprint density at radius 2 is 2.19 bits per heavy atom. The highest BCUT2D eigenvalue weighted by Crippen LogP contribution is 2.14. The molecule has 0 unspecified atom stereocenters. The maximum atomic E-state index is 13.5. The van der Waals surface area contributed by atoms with Gasteiger partial charge in [0.1, 0.15) is 5.82 Å². The lowest BCUT2D eigenvalue weighted by atomic mass is 10.1. The molecule has 116 valence electrons. The molecule has 0 radical (unpaired) electrons. The Balaban J connectivity index is 1.64. The van der Waals surface area contributed by atoms with Crippen molar-refractivity contribution in [1.29, 1.82) is 0 Å². The third-order valence-electron chi connectivity index (χ3n) is 3.42. The number of hydrogen-bond acceptors (Lipinski definition) is 3. The Morgan fingerprint density at radius 3 is 2.90 bits per heavy atom. The molecule has 0 aliphatic carbocycles. The van der Waals surface area contributed by atoms with Gasteiger partial charge in [0, 0.05) is 18.2 Å². The Morgan fingerprint density at radius 1 is 1.43 bits per heavy atom. The molecule has 0 aromatic heterocycles. The Bertz CT molecular complexity index is 479. The van der Waals surface area contributed by atoms with Crippen molar-refractivity contribution in [3.8, 4) is 0 Å². The van der Waals surface area contributed by atoms with Crippen molar-refractivity contribution in [3.05, 3.63) is 34.6 Å². The first kappa shape index (κ1) is 16.2. The van der Waals surface area contributed by atoms with E-state index < -0.39 is 11.7 Å². The summed E-state index contributed by atoms with van der Waals surface area (Å²) in [4.78, 5) is 11.8. The lowest BCUT2D eigenvalue weighted by molar-refractivity contribution is 0.0317. The van der Waals surface area contributed by atoms with E-state index >= 15 is 0 Å². The number of carbonyl (C=O) groups excluding carboxylic acids is 1. The molecule has 1 heterocycles. The highest BCUT2D eigenvalue weighted by molar-refractivity contribution is 6.30. The van der Waals surface area contributed by atoms with Crippen molar-refractivity contribution in [3.63, 3.8) is 0 Å². The Hall–Kier alpha value is -1.17. The zero-order valence-electron chi connectivity index (χ0n) is 11.8. The van der Waals surface area contributed by atoms with Crippen molar-refractivity contribution < 1.29 is 13.9 Å². The number of amides is 1. The van der Waals surface area contributed by atoms with E-state index in [0.29, 0.717) is 25.7 Å². The summed E-state index contributed by atoms with van der Waals surface area (Å²) in [6.07, 6.45) is 3.09. The summed E-state index contributed by atoms with van der Waals surface area (Å²) in [7, 11) is 0. The zero-order chi connectivity index (χ0) is 15.1. The van der Waals surface area contributed by atoms with Gasteiger partial charge in [-0.1, -0.05) is 11.6 Å². The molecule has 0 spiro atoms. The number of benzene rings is 1. The van der Waals surface area contributed by atoms with Crippen LogP contribution in [0.4, 0.5) is 4.39 Å².